The van der Waals surface area contributed by atoms with Crippen molar-refractivity contribution in [2.24, 2.45) is 11.3 Å². The van der Waals surface area contributed by atoms with Crippen LogP contribution in [0, 0.1) is 11.3 Å². The summed E-state index contributed by atoms with van der Waals surface area (Å²) in [4.78, 5) is 11.1. The molecule has 4 rings (SSSR count). The summed E-state index contributed by atoms with van der Waals surface area (Å²) in [7, 11) is 0. The van der Waals surface area contributed by atoms with Gasteiger partial charge in [0.25, 0.3) is 0 Å². The van der Waals surface area contributed by atoms with E-state index in [4.69, 9.17) is 5.11 Å². The summed E-state index contributed by atoms with van der Waals surface area (Å²) < 4.78 is 0. The van der Waals surface area contributed by atoms with Crippen molar-refractivity contribution in [3.63, 3.8) is 0 Å². The highest BCUT2D eigenvalue weighted by atomic mass is 16.4. The number of benzene rings is 1. The molecule has 2 aliphatic carbocycles. The molecule has 1 aromatic carbocycles. The Morgan fingerprint density at radius 2 is 2.13 bits per heavy atom. The van der Waals surface area contributed by atoms with Crippen LogP contribution in [0.5, 0.6) is 0 Å². The fourth-order valence-electron chi connectivity index (χ4n) is 4.45. The standard InChI is InChI=1S/C18H23N3O2/c22-17(23)12-4-6-18(7-5-12)8-14(9-18)19-10-13-2-1-3-16-15(13)11-20-21-16/h1-3,11-12,14,19H,4-10H2,(H,20,21)(H,22,23). The van der Waals surface area contributed by atoms with Gasteiger partial charge in [-0.15, -0.1) is 0 Å². The third kappa shape index (κ3) is 2.74. The van der Waals surface area contributed by atoms with Crippen molar-refractivity contribution in [1.82, 2.24) is 15.5 Å². The minimum absolute atomic E-state index is 0.105. The Labute approximate surface area is 135 Å². The molecule has 2 fully saturated rings. The molecule has 0 bridgehead atoms. The molecule has 2 aliphatic rings. The van der Waals surface area contributed by atoms with Crippen molar-refractivity contribution >= 4 is 16.9 Å². The predicted octanol–water partition coefficient (Wildman–Crippen LogP) is 3.08. The lowest BCUT2D eigenvalue weighted by Gasteiger charge is -2.51. The van der Waals surface area contributed by atoms with Crippen LogP contribution in [-0.4, -0.2) is 27.3 Å². The smallest absolute Gasteiger partial charge is 0.306 e. The minimum Gasteiger partial charge on any atom is -0.481 e. The first kappa shape index (κ1) is 14.7. The second kappa shape index (κ2) is 5.64. The van der Waals surface area contributed by atoms with E-state index in [1.165, 1.54) is 23.8 Å². The zero-order valence-corrected chi connectivity index (χ0v) is 13.2. The van der Waals surface area contributed by atoms with E-state index in [2.05, 4.69) is 27.6 Å². The van der Waals surface area contributed by atoms with Gasteiger partial charge in [-0.2, -0.15) is 5.10 Å². The monoisotopic (exact) mass is 313 g/mol. The first-order valence-corrected chi connectivity index (χ1v) is 8.52. The maximum atomic E-state index is 11.1. The van der Waals surface area contributed by atoms with Gasteiger partial charge in [-0.25, -0.2) is 0 Å². The van der Waals surface area contributed by atoms with E-state index in [1.807, 2.05) is 12.3 Å². The van der Waals surface area contributed by atoms with Crippen LogP contribution in [0.2, 0.25) is 0 Å². The first-order valence-electron chi connectivity index (χ1n) is 8.52. The van der Waals surface area contributed by atoms with Crippen LogP contribution in [0.3, 0.4) is 0 Å². The lowest BCUT2D eigenvalue weighted by molar-refractivity contribution is -0.144. The van der Waals surface area contributed by atoms with Gasteiger partial charge in [0.05, 0.1) is 17.6 Å². The lowest BCUT2D eigenvalue weighted by atomic mass is 9.57. The number of rotatable bonds is 4. The molecule has 0 amide bonds. The van der Waals surface area contributed by atoms with E-state index >= 15 is 0 Å². The summed E-state index contributed by atoms with van der Waals surface area (Å²) in [6.45, 7) is 0.870. The Morgan fingerprint density at radius 1 is 1.35 bits per heavy atom. The van der Waals surface area contributed by atoms with Gasteiger partial charge in [0.1, 0.15) is 0 Å². The minimum atomic E-state index is -0.609. The molecular formula is C18H23N3O2. The van der Waals surface area contributed by atoms with Gasteiger partial charge in [-0.3, -0.25) is 9.89 Å². The van der Waals surface area contributed by atoms with Crippen molar-refractivity contribution in [2.45, 2.75) is 51.1 Å². The highest BCUT2D eigenvalue weighted by molar-refractivity contribution is 5.81. The van der Waals surface area contributed by atoms with E-state index in [-0.39, 0.29) is 5.92 Å². The SMILES string of the molecule is O=C(O)C1CCC2(CC1)CC(NCc1cccc3[nH]ncc13)C2. The first-order chi connectivity index (χ1) is 11.2. The number of carbonyl (C=O) groups is 1. The Bertz CT molecular complexity index is 708. The summed E-state index contributed by atoms with van der Waals surface area (Å²) in [5, 5.41) is 21.1. The third-order valence-corrected chi connectivity index (χ3v) is 5.91. The molecule has 5 nitrogen and oxygen atoms in total. The number of aromatic amines is 1. The normalized spacial score (nSPS) is 30.4. The van der Waals surface area contributed by atoms with E-state index in [9.17, 15) is 4.79 Å². The highest BCUT2D eigenvalue weighted by Gasteiger charge is 2.46. The number of hydrogen-bond acceptors (Lipinski definition) is 3. The van der Waals surface area contributed by atoms with Crippen molar-refractivity contribution in [3.05, 3.63) is 30.0 Å². The second-order valence-corrected chi connectivity index (χ2v) is 7.35. The molecule has 3 N–H and O–H groups in total. The molecule has 1 spiro atoms. The number of hydrogen-bond donors (Lipinski definition) is 3. The number of carboxylic acid groups (broad SMARTS) is 1. The number of aliphatic carboxylic acids is 1. The largest absolute Gasteiger partial charge is 0.481 e. The Balaban J connectivity index is 1.30. The van der Waals surface area contributed by atoms with Crippen LogP contribution < -0.4 is 5.32 Å². The molecule has 122 valence electrons. The van der Waals surface area contributed by atoms with Gasteiger partial charge < -0.3 is 10.4 Å². The number of nitrogens with one attached hydrogen (secondary N) is 2. The highest BCUT2D eigenvalue weighted by Crippen LogP contribution is 2.52. The molecule has 0 aliphatic heterocycles. The molecule has 1 aromatic heterocycles. The Kier molecular flexibility index (Phi) is 3.60. The second-order valence-electron chi connectivity index (χ2n) is 7.35. The van der Waals surface area contributed by atoms with Crippen LogP contribution >= 0.6 is 0 Å². The molecule has 23 heavy (non-hydrogen) atoms. The molecule has 0 atom stereocenters. The Hall–Kier alpha value is -1.88. The zero-order chi connectivity index (χ0) is 15.9. The lowest BCUT2D eigenvalue weighted by Crippen LogP contribution is -2.50. The van der Waals surface area contributed by atoms with Gasteiger partial charge in [-0.1, -0.05) is 12.1 Å². The molecule has 2 aromatic rings. The van der Waals surface area contributed by atoms with Gasteiger partial charge in [0, 0.05) is 18.0 Å². The van der Waals surface area contributed by atoms with Crippen molar-refractivity contribution in [1.29, 1.82) is 0 Å². The maximum Gasteiger partial charge on any atom is 0.306 e. The fourth-order valence-corrected chi connectivity index (χ4v) is 4.45. The summed E-state index contributed by atoms with van der Waals surface area (Å²) in [5.41, 5.74) is 2.79. The Morgan fingerprint density at radius 3 is 2.87 bits per heavy atom. The third-order valence-electron chi connectivity index (χ3n) is 5.91. The number of fused-ring (bicyclic) bond motifs is 1. The maximum absolute atomic E-state index is 11.1. The summed E-state index contributed by atoms with van der Waals surface area (Å²) in [6.07, 6.45) is 8.16. The van der Waals surface area contributed by atoms with E-state index in [0.717, 1.165) is 37.7 Å². The molecular weight excluding hydrogens is 290 g/mol. The quantitative estimate of drug-likeness (QED) is 0.810. The molecule has 2 saturated carbocycles. The number of H-pyrrole nitrogens is 1. The van der Waals surface area contributed by atoms with Crippen molar-refractivity contribution in [2.75, 3.05) is 0 Å². The fraction of sp³-hybridized carbons (Fsp3) is 0.556. The average molecular weight is 313 g/mol. The molecule has 5 heteroatoms. The average Bonchev–Trinajstić information content (AvgIpc) is 3.00. The van der Waals surface area contributed by atoms with E-state index in [0.29, 0.717) is 11.5 Å². The number of carboxylic acids is 1. The van der Waals surface area contributed by atoms with Gasteiger partial charge in [0.2, 0.25) is 0 Å². The molecule has 0 radical (unpaired) electrons. The number of aromatic nitrogens is 2. The van der Waals surface area contributed by atoms with Gasteiger partial charge in [0.15, 0.2) is 0 Å². The summed E-state index contributed by atoms with van der Waals surface area (Å²) in [5.74, 6) is -0.714. The van der Waals surface area contributed by atoms with Crippen molar-refractivity contribution < 1.29 is 9.90 Å². The molecule has 1 heterocycles. The predicted molar refractivity (Wildman–Crippen MR) is 88.0 cm³/mol. The van der Waals surface area contributed by atoms with E-state index < -0.39 is 5.97 Å². The van der Waals surface area contributed by atoms with Crippen molar-refractivity contribution in [3.8, 4) is 0 Å². The zero-order valence-electron chi connectivity index (χ0n) is 13.2. The van der Waals surface area contributed by atoms with Crippen LogP contribution in [0.15, 0.2) is 24.4 Å². The van der Waals surface area contributed by atoms with Crippen LogP contribution in [0.1, 0.15) is 44.1 Å². The topological polar surface area (TPSA) is 78.0 Å². The molecule has 0 unspecified atom stereocenters. The molecule has 0 saturated heterocycles. The van der Waals surface area contributed by atoms with Gasteiger partial charge >= 0.3 is 5.97 Å². The van der Waals surface area contributed by atoms with Crippen LogP contribution in [0.4, 0.5) is 0 Å². The number of nitrogens with zero attached hydrogens (tertiary/aromatic N) is 1. The van der Waals surface area contributed by atoms with E-state index in [1.54, 1.807) is 0 Å². The van der Waals surface area contributed by atoms with Crippen LogP contribution in [0.25, 0.3) is 10.9 Å². The summed E-state index contributed by atoms with van der Waals surface area (Å²) in [6, 6.07) is 6.83. The van der Waals surface area contributed by atoms with Gasteiger partial charge in [-0.05, 0) is 55.6 Å². The van der Waals surface area contributed by atoms with Crippen LogP contribution in [-0.2, 0) is 11.3 Å². The summed E-state index contributed by atoms with van der Waals surface area (Å²) >= 11 is 0.